The Hall–Kier alpha value is -10.4. The van der Waals surface area contributed by atoms with Crippen molar-refractivity contribution < 1.29 is 63.3 Å². The second-order valence-electron chi connectivity index (χ2n) is 25.3. The molecule has 12 aromatic rings. The minimum atomic E-state index is -4.11. The molecule has 29 heteroatoms. The van der Waals surface area contributed by atoms with Crippen molar-refractivity contribution in [1.29, 1.82) is 0 Å². The van der Waals surface area contributed by atoms with Crippen LogP contribution in [0.3, 0.4) is 0 Å². The number of hydrogen-bond donors (Lipinski definition) is 2. The Balaban J connectivity index is 0.000000196. The molecule has 5 aromatic heterocycles. The number of fused-ring (bicyclic) bond motifs is 11. The van der Waals surface area contributed by atoms with Crippen LogP contribution in [0, 0.1) is 42.0 Å². The van der Waals surface area contributed by atoms with Crippen LogP contribution in [0.25, 0.3) is 44.6 Å². The van der Waals surface area contributed by atoms with E-state index in [-0.39, 0.29) is 110 Å². The number of ether oxygens (including phenoxy) is 3. The first kappa shape index (κ1) is 73.3. The monoisotopic (exact) mass is 1530 g/mol. The lowest BCUT2D eigenvalue weighted by atomic mass is 9.78. The number of thioether (sulfide) groups is 1. The van der Waals surface area contributed by atoms with Crippen molar-refractivity contribution in [3.8, 4) is 57.6 Å². The van der Waals surface area contributed by atoms with Gasteiger partial charge in [0, 0.05) is 83.9 Å². The van der Waals surface area contributed by atoms with E-state index in [1.54, 1.807) is 82.3 Å². The normalized spacial score (nSPS) is 14.9. The molecule has 2 unspecified atom stereocenters. The number of halogens is 5. The maximum Gasteiger partial charge on any atom is 0.303 e. The molecule has 0 saturated carbocycles. The molecule has 1 aliphatic heterocycles. The number of aliphatic carboxylic acids is 1. The number of nitrogens with one attached hydrogen (secondary N) is 1. The Kier molecular flexibility index (Phi) is 21.2. The minimum Gasteiger partial charge on any atom is -0.481 e. The molecular weight excluding hydrogens is 1470 g/mol. The van der Waals surface area contributed by atoms with Crippen LogP contribution in [-0.4, -0.2) is 105 Å². The van der Waals surface area contributed by atoms with Gasteiger partial charge >= 0.3 is 11.9 Å². The number of rotatable bonds is 17. The summed E-state index contributed by atoms with van der Waals surface area (Å²) in [6.07, 6.45) is 3.89. The summed E-state index contributed by atoms with van der Waals surface area (Å²) >= 11 is 5.28. The first-order chi connectivity index (χ1) is 49.6. The fraction of sp³-hybridized carbons (Fsp3) is 0.253. The maximum absolute atomic E-state index is 16.1. The van der Waals surface area contributed by atoms with Gasteiger partial charge < -0.3 is 24.3 Å². The number of aryl methyl sites for hydroxylation is 3. The summed E-state index contributed by atoms with van der Waals surface area (Å²) < 4.78 is 141. The topological polar surface area (TPSA) is 263 Å². The lowest BCUT2D eigenvalue weighted by molar-refractivity contribution is -0.142. The lowest BCUT2D eigenvalue weighted by Gasteiger charge is -2.28. The van der Waals surface area contributed by atoms with Gasteiger partial charge in [0.2, 0.25) is 0 Å². The highest BCUT2D eigenvalue weighted by molar-refractivity contribution is 9.10. The number of aromatic nitrogens is 11. The molecule has 0 radical (unpaired) electrons. The molecule has 6 bridgehead atoms. The van der Waals surface area contributed by atoms with E-state index in [1.807, 2.05) is 43.3 Å². The summed E-state index contributed by atoms with van der Waals surface area (Å²) in [4.78, 5) is 35.8. The largest absolute Gasteiger partial charge is 0.481 e. The van der Waals surface area contributed by atoms with E-state index in [2.05, 4.69) is 55.1 Å². The average molecular weight is 1540 g/mol. The highest BCUT2D eigenvalue weighted by atomic mass is 79.9. The van der Waals surface area contributed by atoms with Gasteiger partial charge in [-0.05, 0) is 142 Å². The third-order valence-corrected chi connectivity index (χ3v) is 22.9. The van der Waals surface area contributed by atoms with E-state index in [0.717, 1.165) is 31.4 Å². The molecule has 0 saturated heterocycles. The van der Waals surface area contributed by atoms with Crippen LogP contribution in [0.2, 0.25) is 0 Å². The highest BCUT2D eigenvalue weighted by Gasteiger charge is 2.38. The molecule has 7 aromatic carbocycles. The number of carbonyl (C=O) groups is 2. The standard InChI is InChI=1S/C40H35BrF2N4O5S2.C35H33F2N7O5S/c1-5-6-20-53-21-18-40(3,27-11-10-12-28(41)22-27)39-44-38(46(4)45-39)32-23-29(15-16-34(32)42)52-37-33(25-51-26(2)48)31-17-19-47(36(31)24-35(37)43)54(49,50)30-13-8-7-9-14-30;1-20-30-19-50(47,48)14-12-35(2,22-6-4-5-21(15-22)7-10-31(45)46)34-39-33(43(3)41-34)25-16-23(8-9-27(25)36)49-32-26(18-44(20)42-40-30)24-11-13-38-29(24)17-28(32)37/h7-17,19,22-24H,18,20-21,25H2,1-4H3;4-6,8-9,11,13,15-17,38H,7,10,12,14,18-19H2,1-3H3,(H,45,46). The van der Waals surface area contributed by atoms with E-state index in [1.165, 1.54) is 87.8 Å². The number of carboxylic acid groups (broad SMARTS) is 1. The van der Waals surface area contributed by atoms with Gasteiger partial charge in [-0.1, -0.05) is 81.7 Å². The van der Waals surface area contributed by atoms with Crippen molar-refractivity contribution in [2.75, 3.05) is 17.3 Å². The number of nitrogens with zero attached hydrogens (tertiary/aromatic N) is 10. The van der Waals surface area contributed by atoms with Crippen LogP contribution in [0.15, 0.2) is 161 Å². The van der Waals surface area contributed by atoms with Gasteiger partial charge in [-0.3, -0.25) is 9.59 Å². The minimum absolute atomic E-state index is 0.00760. The van der Waals surface area contributed by atoms with Gasteiger partial charge in [-0.2, -0.15) is 10.2 Å². The van der Waals surface area contributed by atoms with Crippen LogP contribution in [0.5, 0.6) is 23.0 Å². The molecule has 6 heterocycles. The van der Waals surface area contributed by atoms with Crippen molar-refractivity contribution in [3.05, 3.63) is 231 Å². The Morgan fingerprint density at radius 1 is 0.856 bits per heavy atom. The van der Waals surface area contributed by atoms with Crippen molar-refractivity contribution in [3.63, 3.8) is 0 Å². The molecule has 0 aliphatic carbocycles. The predicted molar refractivity (Wildman–Crippen MR) is 388 cm³/mol. The number of aromatic amines is 1. The summed E-state index contributed by atoms with van der Waals surface area (Å²) in [6.45, 7) is 8.17. The second-order valence-corrected chi connectivity index (χ2v) is 31.3. The summed E-state index contributed by atoms with van der Waals surface area (Å²) in [5.74, 6) is 3.25. The first-order valence-electron chi connectivity index (χ1n) is 32.6. The van der Waals surface area contributed by atoms with Gasteiger partial charge in [0.1, 0.15) is 35.4 Å². The fourth-order valence-corrected chi connectivity index (χ4v) is 16.6. The zero-order chi connectivity index (χ0) is 74.0. The van der Waals surface area contributed by atoms with Gasteiger partial charge in [0.25, 0.3) is 10.0 Å². The SMILES string of the molecule is CC#CCSCCC(C)(c1cccc(Br)c1)c1nc(-c2cc(Oc3c(F)cc4c(ccn4S(=O)(=O)c4ccccc4)c3COC(C)=O)ccc2F)n(C)n1.Cc1c2nnn1Cc1c(c(F)cc3[nH]ccc13)Oc1ccc(F)c(c1)-c1nc(nn1C)C(C)(c1cccc(CCC(=O)O)c1)CCS(=O)(=O)C2. The van der Waals surface area contributed by atoms with Gasteiger partial charge in [-0.15, -0.1) is 22.8 Å². The molecule has 1 aliphatic rings. The van der Waals surface area contributed by atoms with E-state index in [4.69, 9.17) is 29.3 Å². The molecule has 0 spiro atoms. The molecule has 21 nitrogen and oxygen atoms in total. The van der Waals surface area contributed by atoms with Crippen LogP contribution < -0.4 is 9.47 Å². The number of benzene rings is 7. The van der Waals surface area contributed by atoms with E-state index < -0.39 is 78.3 Å². The molecule has 0 fully saturated rings. The maximum atomic E-state index is 16.1. The number of carbonyl (C=O) groups excluding carboxylic acids is 1. The molecular formula is C75H68BrF4N11O10S3. The van der Waals surface area contributed by atoms with E-state index >= 15 is 17.6 Å². The lowest BCUT2D eigenvalue weighted by Crippen LogP contribution is -2.29. The molecule has 104 heavy (non-hydrogen) atoms. The molecule has 536 valence electrons. The number of H-pyrrole nitrogens is 1. The molecule has 13 rings (SSSR count). The van der Waals surface area contributed by atoms with Crippen LogP contribution >= 0.6 is 27.7 Å². The van der Waals surface area contributed by atoms with E-state index in [9.17, 15) is 31.5 Å². The predicted octanol–water partition coefficient (Wildman–Crippen LogP) is 14.6. The van der Waals surface area contributed by atoms with Crippen LogP contribution in [0.4, 0.5) is 17.6 Å². The summed E-state index contributed by atoms with van der Waals surface area (Å²) in [7, 11) is -4.63. The third kappa shape index (κ3) is 15.3. The van der Waals surface area contributed by atoms with Gasteiger partial charge in [0.05, 0.1) is 61.9 Å². The second kappa shape index (κ2) is 30.1. The Labute approximate surface area is 608 Å². The molecule has 2 atom stereocenters. The third-order valence-electron chi connectivity index (χ3n) is 18.3. The summed E-state index contributed by atoms with van der Waals surface area (Å²) in [5, 5.41) is 28.1. The van der Waals surface area contributed by atoms with E-state index in [0.29, 0.717) is 45.7 Å². The van der Waals surface area contributed by atoms with Crippen molar-refractivity contribution in [1.82, 2.24) is 53.5 Å². The first-order valence-corrected chi connectivity index (χ1v) is 37.8. The number of sulfone groups is 1. The number of carboxylic acids is 1. The molecule has 0 amide bonds. The molecule has 2 N–H and O–H groups in total. The van der Waals surface area contributed by atoms with Gasteiger partial charge in [0.15, 0.2) is 56.3 Å². The highest BCUT2D eigenvalue weighted by Crippen LogP contribution is 2.43. The quantitative estimate of drug-likeness (QED) is 0.0371. The summed E-state index contributed by atoms with van der Waals surface area (Å²) in [5.41, 5.74) is 2.54. The average Bonchev–Trinajstić information content (AvgIpc) is 1.57. The number of esters is 1. The zero-order valence-corrected chi connectivity index (χ0v) is 61.2. The Morgan fingerprint density at radius 3 is 2.35 bits per heavy atom. The number of hydrogen-bond acceptors (Lipinski definition) is 16. The zero-order valence-electron chi connectivity index (χ0n) is 57.2. The van der Waals surface area contributed by atoms with Crippen molar-refractivity contribution in [2.24, 2.45) is 14.1 Å². The van der Waals surface area contributed by atoms with Gasteiger partial charge in [-0.25, -0.2) is 62.4 Å². The van der Waals surface area contributed by atoms with Crippen molar-refractivity contribution >= 4 is 81.3 Å². The Bertz CT molecular complexity index is 5620. The smallest absolute Gasteiger partial charge is 0.303 e. The Morgan fingerprint density at radius 2 is 1.60 bits per heavy atom. The van der Waals surface area contributed by atoms with Crippen molar-refractivity contribution in [2.45, 2.75) is 94.9 Å². The van der Waals surface area contributed by atoms with Crippen LogP contribution in [-0.2, 0) is 84.4 Å². The summed E-state index contributed by atoms with van der Waals surface area (Å²) in [6, 6.07) is 36.4. The fourth-order valence-electron chi connectivity index (χ4n) is 12.4. The van der Waals surface area contributed by atoms with Crippen LogP contribution in [0.1, 0.15) is 97.8 Å².